The first-order chi connectivity index (χ1) is 12.0. The van der Waals surface area contributed by atoms with E-state index in [9.17, 15) is 5.11 Å². The summed E-state index contributed by atoms with van der Waals surface area (Å²) in [6.45, 7) is 0.742. The molecule has 0 aliphatic heterocycles. The molecule has 4 aliphatic carbocycles. The van der Waals surface area contributed by atoms with Gasteiger partial charge in [-0.2, -0.15) is 0 Å². The Morgan fingerprint density at radius 1 is 1.04 bits per heavy atom. The van der Waals surface area contributed by atoms with E-state index in [1.807, 2.05) is 18.2 Å². The van der Waals surface area contributed by atoms with Crippen LogP contribution in [0.1, 0.15) is 44.3 Å². The van der Waals surface area contributed by atoms with Gasteiger partial charge in [0.25, 0.3) is 0 Å². The largest absolute Gasteiger partial charge is 0.460 e. The molecule has 0 radical (unpaired) electrons. The predicted octanol–water partition coefficient (Wildman–Crippen LogP) is 4.88. The number of benzene rings is 1. The number of hydrogen-bond acceptors (Lipinski definition) is 3. The van der Waals surface area contributed by atoms with Gasteiger partial charge in [-0.1, -0.05) is 28.1 Å². The smallest absolute Gasteiger partial charge is 0.134 e. The van der Waals surface area contributed by atoms with Crippen molar-refractivity contribution in [3.05, 3.63) is 46.6 Å². The zero-order chi connectivity index (χ0) is 17.1. The van der Waals surface area contributed by atoms with Crippen LogP contribution >= 0.6 is 15.9 Å². The third-order valence-electron chi connectivity index (χ3n) is 6.46. The SMILES string of the molecule is OC12CC3CC(C1)CC(NCc1ccc(-c4ccc(Br)cc4)o1)(C3)C2. The van der Waals surface area contributed by atoms with Gasteiger partial charge in [0.1, 0.15) is 11.5 Å². The molecule has 0 amide bonds. The first-order valence-electron chi connectivity index (χ1n) is 9.33. The van der Waals surface area contributed by atoms with Gasteiger partial charge in [-0.15, -0.1) is 0 Å². The van der Waals surface area contributed by atoms with E-state index in [-0.39, 0.29) is 5.54 Å². The van der Waals surface area contributed by atoms with Crippen LogP contribution in [-0.2, 0) is 6.54 Å². The summed E-state index contributed by atoms with van der Waals surface area (Å²) in [5, 5.41) is 14.7. The summed E-state index contributed by atoms with van der Waals surface area (Å²) in [6, 6.07) is 12.3. The first kappa shape index (κ1) is 16.1. The average molecular weight is 402 g/mol. The highest BCUT2D eigenvalue weighted by molar-refractivity contribution is 9.10. The summed E-state index contributed by atoms with van der Waals surface area (Å²) in [4.78, 5) is 0. The molecule has 0 saturated heterocycles. The number of rotatable bonds is 4. The van der Waals surface area contributed by atoms with E-state index in [2.05, 4.69) is 39.4 Å². The summed E-state index contributed by atoms with van der Waals surface area (Å²) in [5.74, 6) is 3.29. The van der Waals surface area contributed by atoms with E-state index in [1.165, 1.54) is 19.3 Å². The van der Waals surface area contributed by atoms with Gasteiger partial charge in [0.05, 0.1) is 12.1 Å². The maximum absolute atomic E-state index is 10.9. The second kappa shape index (κ2) is 5.70. The van der Waals surface area contributed by atoms with Crippen molar-refractivity contribution in [1.29, 1.82) is 0 Å². The van der Waals surface area contributed by atoms with E-state index >= 15 is 0 Å². The van der Waals surface area contributed by atoms with Crippen molar-refractivity contribution in [2.24, 2.45) is 11.8 Å². The van der Waals surface area contributed by atoms with Crippen molar-refractivity contribution in [1.82, 2.24) is 5.32 Å². The Balaban J connectivity index is 1.30. The Labute approximate surface area is 156 Å². The van der Waals surface area contributed by atoms with E-state index < -0.39 is 5.60 Å². The second-order valence-corrected chi connectivity index (χ2v) is 9.51. The highest BCUT2D eigenvalue weighted by Gasteiger charge is 2.56. The van der Waals surface area contributed by atoms with Crippen molar-refractivity contribution in [3.63, 3.8) is 0 Å². The summed E-state index contributed by atoms with van der Waals surface area (Å²) < 4.78 is 7.13. The van der Waals surface area contributed by atoms with Gasteiger partial charge in [-0.25, -0.2) is 0 Å². The molecule has 132 valence electrons. The first-order valence-corrected chi connectivity index (χ1v) is 10.1. The third kappa shape index (κ3) is 2.98. The Kier molecular flexibility index (Phi) is 3.67. The second-order valence-electron chi connectivity index (χ2n) is 8.59. The van der Waals surface area contributed by atoms with Crippen molar-refractivity contribution < 1.29 is 9.52 Å². The van der Waals surface area contributed by atoms with Crippen LogP contribution in [-0.4, -0.2) is 16.2 Å². The lowest BCUT2D eigenvalue weighted by Gasteiger charge is -2.60. The van der Waals surface area contributed by atoms with Crippen molar-refractivity contribution in [2.45, 2.75) is 56.2 Å². The molecule has 1 aromatic carbocycles. The quantitative estimate of drug-likeness (QED) is 0.766. The summed E-state index contributed by atoms with van der Waals surface area (Å²) in [6.07, 6.45) is 6.69. The van der Waals surface area contributed by atoms with Crippen LogP contribution in [0.2, 0.25) is 0 Å². The van der Waals surface area contributed by atoms with Crippen LogP contribution in [0.15, 0.2) is 45.3 Å². The van der Waals surface area contributed by atoms with Gasteiger partial charge >= 0.3 is 0 Å². The molecule has 2 N–H and O–H groups in total. The number of halogens is 1. The lowest BCUT2D eigenvalue weighted by Crippen LogP contribution is -2.64. The van der Waals surface area contributed by atoms with Crippen LogP contribution in [0.25, 0.3) is 11.3 Å². The lowest BCUT2D eigenvalue weighted by atomic mass is 9.51. The molecule has 4 fully saturated rings. The van der Waals surface area contributed by atoms with E-state index in [0.29, 0.717) is 11.8 Å². The van der Waals surface area contributed by atoms with Crippen LogP contribution < -0.4 is 5.32 Å². The molecule has 1 heterocycles. The average Bonchev–Trinajstić information content (AvgIpc) is 3.00. The van der Waals surface area contributed by atoms with Crippen LogP contribution in [0.3, 0.4) is 0 Å². The molecule has 4 bridgehead atoms. The molecule has 3 nitrogen and oxygen atoms in total. The third-order valence-corrected chi connectivity index (χ3v) is 6.99. The number of furan rings is 1. The minimum Gasteiger partial charge on any atom is -0.460 e. The highest BCUT2D eigenvalue weighted by atomic mass is 79.9. The van der Waals surface area contributed by atoms with E-state index in [4.69, 9.17) is 4.42 Å². The highest BCUT2D eigenvalue weighted by Crippen LogP contribution is 2.57. The predicted molar refractivity (Wildman–Crippen MR) is 101 cm³/mol. The van der Waals surface area contributed by atoms with Gasteiger partial charge in [-0.05, 0) is 74.6 Å². The van der Waals surface area contributed by atoms with Gasteiger partial charge < -0.3 is 14.8 Å². The molecule has 6 rings (SSSR count). The maximum Gasteiger partial charge on any atom is 0.134 e. The fourth-order valence-corrected chi connectivity index (χ4v) is 6.20. The summed E-state index contributed by atoms with van der Waals surface area (Å²) >= 11 is 3.47. The minimum absolute atomic E-state index is 0.114. The molecule has 4 aliphatic rings. The zero-order valence-corrected chi connectivity index (χ0v) is 15.9. The minimum atomic E-state index is -0.414. The van der Waals surface area contributed by atoms with Crippen LogP contribution in [0.5, 0.6) is 0 Å². The normalized spacial score (nSPS) is 36.1. The Morgan fingerprint density at radius 2 is 1.76 bits per heavy atom. The van der Waals surface area contributed by atoms with E-state index in [1.54, 1.807) is 0 Å². The van der Waals surface area contributed by atoms with Gasteiger partial charge in [0.2, 0.25) is 0 Å². The molecule has 4 saturated carbocycles. The summed E-state index contributed by atoms with van der Waals surface area (Å²) in [5.41, 5.74) is 0.797. The molecule has 25 heavy (non-hydrogen) atoms. The Morgan fingerprint density at radius 3 is 2.44 bits per heavy atom. The summed E-state index contributed by atoms with van der Waals surface area (Å²) in [7, 11) is 0. The molecular weight excluding hydrogens is 378 g/mol. The Hall–Kier alpha value is -1.10. The van der Waals surface area contributed by atoms with Gasteiger partial charge in [-0.3, -0.25) is 0 Å². The standard InChI is InChI=1S/C21H24BrNO2/c22-17-3-1-16(2-4-17)19-6-5-18(25-19)12-23-20-8-14-7-15(9-20)11-21(24,10-14)13-20/h1-6,14-15,23-24H,7-13H2. The van der Waals surface area contributed by atoms with Crippen molar-refractivity contribution in [2.75, 3.05) is 0 Å². The molecule has 2 unspecified atom stereocenters. The lowest BCUT2D eigenvalue weighted by molar-refractivity contribution is -0.143. The molecule has 2 atom stereocenters. The number of hydrogen-bond donors (Lipinski definition) is 2. The molecule has 1 aromatic heterocycles. The van der Waals surface area contributed by atoms with Gasteiger partial charge in [0.15, 0.2) is 0 Å². The molecule has 0 spiro atoms. The maximum atomic E-state index is 10.9. The fourth-order valence-electron chi connectivity index (χ4n) is 5.94. The van der Waals surface area contributed by atoms with E-state index in [0.717, 1.165) is 47.4 Å². The van der Waals surface area contributed by atoms with Crippen LogP contribution in [0.4, 0.5) is 0 Å². The molecule has 2 aromatic rings. The van der Waals surface area contributed by atoms with Crippen molar-refractivity contribution in [3.8, 4) is 11.3 Å². The Bertz CT molecular complexity index is 767. The fraction of sp³-hybridized carbons (Fsp3) is 0.524. The topological polar surface area (TPSA) is 45.4 Å². The number of aliphatic hydroxyl groups is 1. The van der Waals surface area contributed by atoms with Crippen LogP contribution in [0, 0.1) is 11.8 Å². The van der Waals surface area contributed by atoms with Gasteiger partial charge in [0, 0.05) is 15.6 Å². The molecular formula is C21H24BrNO2. The molecule has 4 heteroatoms. The number of nitrogens with one attached hydrogen (secondary N) is 1. The zero-order valence-electron chi connectivity index (χ0n) is 14.3. The monoisotopic (exact) mass is 401 g/mol. The van der Waals surface area contributed by atoms with Crippen molar-refractivity contribution >= 4 is 15.9 Å².